The van der Waals surface area contributed by atoms with Gasteiger partial charge in [-0.2, -0.15) is 0 Å². The molecule has 0 amide bonds. The average molecular weight is 99.1 g/mol. The number of hydrogen-bond acceptors (Lipinski definition) is 2. The van der Waals surface area contributed by atoms with Crippen molar-refractivity contribution in [3.63, 3.8) is 0 Å². The van der Waals surface area contributed by atoms with Crippen LogP contribution in [-0.2, 0) is 0 Å². The predicted molar refractivity (Wildman–Crippen MR) is 27.5 cm³/mol. The maximum Gasteiger partial charge on any atom is 0.0629 e. The van der Waals surface area contributed by atoms with Gasteiger partial charge in [-0.1, -0.05) is 6.08 Å². The van der Waals surface area contributed by atoms with Crippen LogP contribution in [0.15, 0.2) is 11.8 Å². The summed E-state index contributed by atoms with van der Waals surface area (Å²) in [6, 6.07) is 0. The zero-order valence-electron chi connectivity index (χ0n) is 4.09. The largest absolute Gasteiger partial charge is 0.402 e. The predicted octanol–water partition coefficient (Wildman–Crippen LogP) is -0.0163. The molecule has 0 fully saturated rings. The number of nitrogens with two attached hydrogens (primary N) is 1. The van der Waals surface area contributed by atoms with Gasteiger partial charge >= 0.3 is 0 Å². The SMILES string of the molecule is NC1=CCC(O)C1. The number of hydrogen-bond donors (Lipinski definition) is 2. The lowest BCUT2D eigenvalue weighted by molar-refractivity contribution is 0.187. The van der Waals surface area contributed by atoms with Crippen LogP contribution in [0.25, 0.3) is 0 Å². The van der Waals surface area contributed by atoms with Crippen LogP contribution in [0.2, 0.25) is 0 Å². The van der Waals surface area contributed by atoms with Gasteiger partial charge in [0.25, 0.3) is 0 Å². The molecule has 0 aromatic rings. The van der Waals surface area contributed by atoms with E-state index in [9.17, 15) is 0 Å². The Bertz CT molecular complexity index is 98.3. The first-order valence-electron chi connectivity index (χ1n) is 2.41. The van der Waals surface area contributed by atoms with Crippen LogP contribution >= 0.6 is 0 Å². The third-order valence-electron chi connectivity index (χ3n) is 1.12. The average Bonchev–Trinajstić information content (AvgIpc) is 1.87. The molecular weight excluding hydrogens is 90.1 g/mol. The summed E-state index contributed by atoms with van der Waals surface area (Å²) in [5.41, 5.74) is 6.15. The second kappa shape index (κ2) is 1.54. The maximum absolute atomic E-state index is 8.77. The summed E-state index contributed by atoms with van der Waals surface area (Å²) in [6.45, 7) is 0. The van der Waals surface area contributed by atoms with Crippen molar-refractivity contribution in [2.24, 2.45) is 5.73 Å². The molecule has 1 aliphatic rings. The van der Waals surface area contributed by atoms with E-state index in [2.05, 4.69) is 0 Å². The number of rotatable bonds is 0. The van der Waals surface area contributed by atoms with Crippen LogP contribution in [-0.4, -0.2) is 11.2 Å². The van der Waals surface area contributed by atoms with E-state index >= 15 is 0 Å². The first-order chi connectivity index (χ1) is 3.29. The molecule has 40 valence electrons. The van der Waals surface area contributed by atoms with Crippen LogP contribution in [0.1, 0.15) is 12.8 Å². The zero-order chi connectivity index (χ0) is 5.28. The molecule has 0 radical (unpaired) electrons. The van der Waals surface area contributed by atoms with Gasteiger partial charge in [-0.25, -0.2) is 0 Å². The van der Waals surface area contributed by atoms with Crippen LogP contribution in [0.3, 0.4) is 0 Å². The van der Waals surface area contributed by atoms with E-state index in [0.717, 1.165) is 12.1 Å². The number of aliphatic hydroxyl groups excluding tert-OH is 1. The molecule has 7 heavy (non-hydrogen) atoms. The summed E-state index contributed by atoms with van der Waals surface area (Å²) in [4.78, 5) is 0. The van der Waals surface area contributed by atoms with Crippen LogP contribution < -0.4 is 5.73 Å². The van der Waals surface area contributed by atoms with E-state index in [1.165, 1.54) is 0 Å². The molecule has 1 unspecified atom stereocenters. The molecular formula is C5H9NO. The van der Waals surface area contributed by atoms with Crippen molar-refractivity contribution in [3.8, 4) is 0 Å². The van der Waals surface area contributed by atoms with Gasteiger partial charge in [0.05, 0.1) is 6.10 Å². The molecule has 3 N–H and O–H groups in total. The third-order valence-corrected chi connectivity index (χ3v) is 1.12. The Morgan fingerprint density at radius 3 is 2.71 bits per heavy atom. The molecule has 1 rings (SSSR count). The quantitative estimate of drug-likeness (QED) is 0.448. The molecule has 1 atom stereocenters. The molecule has 0 heterocycles. The summed E-state index contributed by atoms with van der Waals surface area (Å²) >= 11 is 0. The number of aliphatic hydroxyl groups is 1. The van der Waals surface area contributed by atoms with Crippen molar-refractivity contribution in [2.75, 3.05) is 0 Å². The van der Waals surface area contributed by atoms with Gasteiger partial charge in [0, 0.05) is 12.1 Å². The molecule has 2 heteroatoms. The Kier molecular flexibility index (Phi) is 1.02. The summed E-state index contributed by atoms with van der Waals surface area (Å²) in [5.74, 6) is 0. The lowest BCUT2D eigenvalue weighted by Crippen LogP contribution is -2.01. The summed E-state index contributed by atoms with van der Waals surface area (Å²) in [6.07, 6.45) is 3.08. The van der Waals surface area contributed by atoms with Gasteiger partial charge in [-0.15, -0.1) is 0 Å². The minimum absolute atomic E-state index is 0.194. The van der Waals surface area contributed by atoms with Gasteiger partial charge in [-0.05, 0) is 6.42 Å². The van der Waals surface area contributed by atoms with E-state index in [0.29, 0.717) is 6.42 Å². The smallest absolute Gasteiger partial charge is 0.0629 e. The molecule has 0 aromatic heterocycles. The lowest BCUT2D eigenvalue weighted by atomic mass is 10.3. The highest BCUT2D eigenvalue weighted by atomic mass is 16.3. The Morgan fingerprint density at radius 1 is 1.86 bits per heavy atom. The van der Waals surface area contributed by atoms with E-state index in [1.807, 2.05) is 6.08 Å². The van der Waals surface area contributed by atoms with Crippen molar-refractivity contribution in [1.82, 2.24) is 0 Å². The second-order valence-corrected chi connectivity index (χ2v) is 1.87. The van der Waals surface area contributed by atoms with E-state index in [4.69, 9.17) is 10.8 Å². The van der Waals surface area contributed by atoms with Crippen LogP contribution in [0.4, 0.5) is 0 Å². The van der Waals surface area contributed by atoms with Crippen molar-refractivity contribution in [1.29, 1.82) is 0 Å². The van der Waals surface area contributed by atoms with Gasteiger partial charge in [0.2, 0.25) is 0 Å². The first kappa shape index (κ1) is 4.65. The minimum Gasteiger partial charge on any atom is -0.402 e. The maximum atomic E-state index is 8.77. The second-order valence-electron chi connectivity index (χ2n) is 1.87. The Hall–Kier alpha value is -0.500. The molecule has 0 spiro atoms. The molecule has 0 aliphatic heterocycles. The van der Waals surface area contributed by atoms with Gasteiger partial charge in [0.15, 0.2) is 0 Å². The fourth-order valence-electron chi connectivity index (χ4n) is 0.726. The summed E-state index contributed by atoms with van der Waals surface area (Å²) in [7, 11) is 0. The molecule has 2 nitrogen and oxygen atoms in total. The fourth-order valence-corrected chi connectivity index (χ4v) is 0.726. The normalized spacial score (nSPS) is 30.4. The first-order valence-corrected chi connectivity index (χ1v) is 2.41. The monoisotopic (exact) mass is 99.1 g/mol. The van der Waals surface area contributed by atoms with Gasteiger partial charge < -0.3 is 10.8 Å². The van der Waals surface area contributed by atoms with Crippen molar-refractivity contribution < 1.29 is 5.11 Å². The topological polar surface area (TPSA) is 46.2 Å². The van der Waals surface area contributed by atoms with Gasteiger partial charge in [0.1, 0.15) is 0 Å². The Morgan fingerprint density at radius 2 is 2.57 bits per heavy atom. The molecule has 0 bridgehead atoms. The van der Waals surface area contributed by atoms with Crippen LogP contribution in [0.5, 0.6) is 0 Å². The molecule has 0 saturated carbocycles. The van der Waals surface area contributed by atoms with Crippen molar-refractivity contribution >= 4 is 0 Å². The highest BCUT2D eigenvalue weighted by molar-refractivity contribution is 5.05. The summed E-state index contributed by atoms with van der Waals surface area (Å²) in [5, 5.41) is 8.77. The van der Waals surface area contributed by atoms with Gasteiger partial charge in [-0.3, -0.25) is 0 Å². The van der Waals surface area contributed by atoms with E-state index < -0.39 is 0 Å². The molecule has 1 aliphatic carbocycles. The lowest BCUT2D eigenvalue weighted by Gasteiger charge is -1.94. The highest BCUT2D eigenvalue weighted by Gasteiger charge is 2.09. The van der Waals surface area contributed by atoms with Crippen molar-refractivity contribution in [2.45, 2.75) is 18.9 Å². The van der Waals surface area contributed by atoms with Crippen LogP contribution in [0, 0.1) is 0 Å². The fraction of sp³-hybridized carbons (Fsp3) is 0.600. The minimum atomic E-state index is -0.194. The van der Waals surface area contributed by atoms with Crippen molar-refractivity contribution in [3.05, 3.63) is 11.8 Å². The Labute approximate surface area is 42.6 Å². The third kappa shape index (κ3) is 0.933. The highest BCUT2D eigenvalue weighted by Crippen LogP contribution is 2.12. The molecule has 0 aromatic carbocycles. The zero-order valence-corrected chi connectivity index (χ0v) is 4.09. The van der Waals surface area contributed by atoms with E-state index in [-0.39, 0.29) is 6.10 Å². The molecule has 0 saturated heterocycles. The van der Waals surface area contributed by atoms with E-state index in [1.54, 1.807) is 0 Å². The summed E-state index contributed by atoms with van der Waals surface area (Å²) < 4.78 is 0. The standard InChI is InChI=1S/C5H9NO/c6-4-1-2-5(7)3-4/h1,5,7H,2-3,6H2. The Balaban J connectivity index is 2.42.